The monoisotopic (exact) mass is 340 g/mol. The Morgan fingerprint density at radius 1 is 1.38 bits per heavy atom. The SMILES string of the molecule is CCNC(=NCC(C)N1CCOCC1C)N1CCC(COCC)C1. The molecule has 0 spiro atoms. The van der Waals surface area contributed by atoms with Crippen LogP contribution in [0.25, 0.3) is 0 Å². The fraction of sp³-hybridized carbons (Fsp3) is 0.944. The Morgan fingerprint density at radius 3 is 2.92 bits per heavy atom. The van der Waals surface area contributed by atoms with E-state index in [2.05, 4.69) is 42.8 Å². The molecule has 0 saturated carbocycles. The summed E-state index contributed by atoms with van der Waals surface area (Å²) in [5.74, 6) is 1.69. The van der Waals surface area contributed by atoms with Crippen molar-refractivity contribution in [2.45, 2.75) is 46.2 Å². The van der Waals surface area contributed by atoms with Crippen LogP contribution < -0.4 is 5.32 Å². The van der Waals surface area contributed by atoms with Gasteiger partial charge in [-0.05, 0) is 34.1 Å². The van der Waals surface area contributed by atoms with Crippen LogP contribution in [0.1, 0.15) is 34.1 Å². The molecule has 2 aliphatic heterocycles. The fourth-order valence-corrected chi connectivity index (χ4v) is 3.59. The molecule has 2 rings (SSSR count). The Hall–Kier alpha value is -0.850. The fourth-order valence-electron chi connectivity index (χ4n) is 3.59. The van der Waals surface area contributed by atoms with Crippen molar-refractivity contribution >= 4 is 5.96 Å². The van der Waals surface area contributed by atoms with E-state index in [0.29, 0.717) is 18.0 Å². The molecule has 0 aromatic rings. The van der Waals surface area contributed by atoms with Crippen LogP contribution in [-0.2, 0) is 9.47 Å². The third-order valence-corrected chi connectivity index (χ3v) is 4.97. The van der Waals surface area contributed by atoms with Crippen LogP contribution in [0.15, 0.2) is 4.99 Å². The lowest BCUT2D eigenvalue weighted by Gasteiger charge is -2.37. The highest BCUT2D eigenvalue weighted by Gasteiger charge is 2.26. The summed E-state index contributed by atoms with van der Waals surface area (Å²) < 4.78 is 11.1. The topological polar surface area (TPSA) is 49.3 Å². The molecule has 0 bridgehead atoms. The molecule has 0 aromatic heterocycles. The lowest BCUT2D eigenvalue weighted by atomic mass is 10.1. The molecule has 24 heavy (non-hydrogen) atoms. The molecule has 0 aromatic carbocycles. The molecular formula is C18H36N4O2. The molecule has 140 valence electrons. The predicted molar refractivity (Wildman–Crippen MR) is 98.6 cm³/mol. The normalized spacial score (nSPS) is 27.5. The highest BCUT2D eigenvalue weighted by Crippen LogP contribution is 2.17. The number of guanidine groups is 1. The summed E-state index contributed by atoms with van der Waals surface area (Å²) in [5.41, 5.74) is 0. The second-order valence-electron chi connectivity index (χ2n) is 6.97. The van der Waals surface area contributed by atoms with E-state index < -0.39 is 0 Å². The number of nitrogens with zero attached hydrogens (tertiary/aromatic N) is 3. The van der Waals surface area contributed by atoms with Gasteiger partial charge in [0.1, 0.15) is 0 Å². The maximum Gasteiger partial charge on any atom is 0.193 e. The van der Waals surface area contributed by atoms with Crippen LogP contribution in [0, 0.1) is 5.92 Å². The summed E-state index contributed by atoms with van der Waals surface area (Å²) in [6.45, 7) is 16.9. The van der Waals surface area contributed by atoms with Gasteiger partial charge in [-0.25, -0.2) is 0 Å². The molecule has 6 nitrogen and oxygen atoms in total. The first kappa shape index (κ1) is 19.5. The lowest BCUT2D eigenvalue weighted by molar-refractivity contribution is -0.0166. The van der Waals surface area contributed by atoms with Gasteiger partial charge >= 0.3 is 0 Å². The molecule has 2 heterocycles. The van der Waals surface area contributed by atoms with Crippen molar-refractivity contribution in [3.63, 3.8) is 0 Å². The number of hydrogen-bond donors (Lipinski definition) is 1. The highest BCUT2D eigenvalue weighted by atomic mass is 16.5. The quantitative estimate of drug-likeness (QED) is 0.561. The minimum absolute atomic E-state index is 0.444. The summed E-state index contributed by atoms with van der Waals surface area (Å²) in [7, 11) is 0. The van der Waals surface area contributed by atoms with E-state index in [-0.39, 0.29) is 0 Å². The van der Waals surface area contributed by atoms with Gasteiger partial charge in [-0.1, -0.05) is 0 Å². The van der Waals surface area contributed by atoms with E-state index in [9.17, 15) is 0 Å². The summed E-state index contributed by atoms with van der Waals surface area (Å²) >= 11 is 0. The lowest BCUT2D eigenvalue weighted by Crippen LogP contribution is -2.49. The van der Waals surface area contributed by atoms with Crippen molar-refractivity contribution in [2.24, 2.45) is 10.9 Å². The van der Waals surface area contributed by atoms with Crippen molar-refractivity contribution < 1.29 is 9.47 Å². The first-order valence-corrected chi connectivity index (χ1v) is 9.60. The van der Waals surface area contributed by atoms with Gasteiger partial charge in [0, 0.05) is 50.8 Å². The standard InChI is InChI=1S/C18H36N4O2/c1-5-19-18(21-8-7-17(12-21)14-23-6-2)20-11-15(3)22-9-10-24-13-16(22)4/h15-17H,5-14H2,1-4H3,(H,19,20). The summed E-state index contributed by atoms with van der Waals surface area (Å²) in [4.78, 5) is 9.83. The van der Waals surface area contributed by atoms with Crippen LogP contribution in [0.2, 0.25) is 0 Å². The van der Waals surface area contributed by atoms with Crippen LogP contribution in [0.4, 0.5) is 0 Å². The molecule has 3 atom stereocenters. The van der Waals surface area contributed by atoms with E-state index in [1.165, 1.54) is 6.42 Å². The predicted octanol–water partition coefficient (Wildman–Crippen LogP) is 1.42. The van der Waals surface area contributed by atoms with Crippen LogP contribution in [0.3, 0.4) is 0 Å². The van der Waals surface area contributed by atoms with E-state index in [1.54, 1.807) is 0 Å². The second-order valence-corrected chi connectivity index (χ2v) is 6.97. The third kappa shape index (κ3) is 5.60. The van der Waals surface area contributed by atoms with E-state index in [4.69, 9.17) is 14.5 Å². The zero-order valence-corrected chi connectivity index (χ0v) is 16.0. The Bertz CT molecular complexity index is 391. The van der Waals surface area contributed by atoms with Gasteiger partial charge in [0.2, 0.25) is 0 Å². The number of ether oxygens (including phenoxy) is 2. The maximum absolute atomic E-state index is 5.59. The minimum Gasteiger partial charge on any atom is -0.381 e. The molecule has 0 aliphatic carbocycles. The van der Waals surface area contributed by atoms with Gasteiger partial charge in [-0.3, -0.25) is 9.89 Å². The van der Waals surface area contributed by atoms with Crippen molar-refractivity contribution in [1.29, 1.82) is 0 Å². The molecule has 3 unspecified atom stereocenters. The summed E-state index contributed by atoms with van der Waals surface area (Å²) in [6, 6.07) is 0.924. The van der Waals surface area contributed by atoms with Gasteiger partial charge in [0.25, 0.3) is 0 Å². The van der Waals surface area contributed by atoms with Gasteiger partial charge < -0.3 is 19.7 Å². The average Bonchev–Trinajstić information content (AvgIpc) is 3.05. The van der Waals surface area contributed by atoms with Crippen LogP contribution >= 0.6 is 0 Å². The Labute approximate surface area is 147 Å². The van der Waals surface area contributed by atoms with E-state index >= 15 is 0 Å². The van der Waals surface area contributed by atoms with Crippen LogP contribution in [-0.4, -0.2) is 87.0 Å². The number of hydrogen-bond acceptors (Lipinski definition) is 4. The maximum atomic E-state index is 5.59. The Morgan fingerprint density at radius 2 is 2.21 bits per heavy atom. The number of nitrogens with one attached hydrogen (secondary N) is 1. The van der Waals surface area contributed by atoms with Gasteiger partial charge in [-0.15, -0.1) is 0 Å². The molecule has 2 aliphatic rings. The van der Waals surface area contributed by atoms with Crippen molar-refractivity contribution in [3.8, 4) is 0 Å². The van der Waals surface area contributed by atoms with Gasteiger partial charge in [0.05, 0.1) is 26.4 Å². The van der Waals surface area contributed by atoms with Gasteiger partial charge in [0.15, 0.2) is 5.96 Å². The number of rotatable bonds is 7. The average molecular weight is 341 g/mol. The second kappa shape index (κ2) is 10.2. The Balaban J connectivity index is 1.88. The number of likely N-dealkylation sites (tertiary alicyclic amines) is 1. The smallest absolute Gasteiger partial charge is 0.193 e. The van der Waals surface area contributed by atoms with Crippen molar-refractivity contribution in [3.05, 3.63) is 0 Å². The van der Waals surface area contributed by atoms with Gasteiger partial charge in [-0.2, -0.15) is 0 Å². The van der Waals surface area contributed by atoms with Crippen molar-refractivity contribution in [1.82, 2.24) is 15.1 Å². The molecule has 1 N–H and O–H groups in total. The molecule has 0 amide bonds. The molecule has 2 fully saturated rings. The summed E-state index contributed by atoms with van der Waals surface area (Å²) in [6.07, 6.45) is 1.19. The Kier molecular flexibility index (Phi) is 8.29. The van der Waals surface area contributed by atoms with E-state index in [1.807, 2.05) is 0 Å². The zero-order valence-electron chi connectivity index (χ0n) is 16.0. The molecule has 0 radical (unpaired) electrons. The first-order valence-electron chi connectivity index (χ1n) is 9.60. The zero-order chi connectivity index (χ0) is 17.4. The molecule has 6 heteroatoms. The first-order chi connectivity index (χ1) is 11.7. The van der Waals surface area contributed by atoms with Crippen molar-refractivity contribution in [2.75, 3.05) is 59.2 Å². The van der Waals surface area contributed by atoms with Crippen LogP contribution in [0.5, 0.6) is 0 Å². The number of morpholine rings is 1. The number of aliphatic imine (C=N–C) groups is 1. The third-order valence-electron chi connectivity index (χ3n) is 4.97. The molecular weight excluding hydrogens is 304 g/mol. The minimum atomic E-state index is 0.444. The molecule has 2 saturated heterocycles. The largest absolute Gasteiger partial charge is 0.381 e. The highest BCUT2D eigenvalue weighted by molar-refractivity contribution is 5.80. The van der Waals surface area contributed by atoms with E-state index in [0.717, 1.165) is 65.1 Å². The summed E-state index contributed by atoms with van der Waals surface area (Å²) in [5, 5.41) is 3.46.